The van der Waals surface area contributed by atoms with Crippen LogP contribution in [0.3, 0.4) is 0 Å². The molecule has 0 saturated heterocycles. The Morgan fingerprint density at radius 1 is 1.32 bits per heavy atom. The number of ketones is 2. The highest BCUT2D eigenvalue weighted by atomic mass is 19.1. The quantitative estimate of drug-likeness (QED) is 0.709. The van der Waals surface area contributed by atoms with Gasteiger partial charge in [-0.1, -0.05) is 25.5 Å². The molecule has 0 aromatic rings. The second-order valence-corrected chi connectivity index (χ2v) is 11.0. The van der Waals surface area contributed by atoms with Gasteiger partial charge in [-0.15, -0.1) is 0 Å². The molecule has 4 aliphatic rings. The summed E-state index contributed by atoms with van der Waals surface area (Å²) in [4.78, 5) is 25.1. The zero-order valence-electron chi connectivity index (χ0n) is 19.2. The largest absolute Gasteiger partial charge is 0.390 e. The van der Waals surface area contributed by atoms with Gasteiger partial charge in [0, 0.05) is 16.7 Å². The molecule has 0 amide bonds. The highest BCUT2D eigenvalue weighted by molar-refractivity contribution is 6.01. The number of allylic oxidation sites excluding steroid dienone is 4. The number of carbonyl (C=O) groups is 2. The third-order valence-corrected chi connectivity index (χ3v) is 9.20. The molecule has 5 nitrogen and oxygen atoms in total. The average Bonchev–Trinajstić information content (AvgIpc) is 2.89. The number of aliphatic hydroxyl groups excluding tert-OH is 1. The van der Waals surface area contributed by atoms with Crippen molar-refractivity contribution in [3.8, 4) is 0 Å². The first-order chi connectivity index (χ1) is 14.3. The summed E-state index contributed by atoms with van der Waals surface area (Å²) in [5, 5.41) is 23.1. The van der Waals surface area contributed by atoms with Gasteiger partial charge in [-0.25, -0.2) is 4.39 Å². The fourth-order valence-corrected chi connectivity index (χ4v) is 7.49. The molecule has 2 N–H and O–H groups in total. The molecule has 0 heterocycles. The summed E-state index contributed by atoms with van der Waals surface area (Å²) in [5.41, 5.74) is -4.93. The molecule has 8 atom stereocenters. The molecule has 31 heavy (non-hydrogen) atoms. The van der Waals surface area contributed by atoms with E-state index in [1.54, 1.807) is 13.0 Å². The zero-order valence-corrected chi connectivity index (χ0v) is 19.2. The normalized spacial score (nSPS) is 48.8. The van der Waals surface area contributed by atoms with Crippen molar-refractivity contribution in [1.29, 1.82) is 0 Å². The van der Waals surface area contributed by atoms with Gasteiger partial charge in [0.15, 0.2) is 17.2 Å². The van der Waals surface area contributed by atoms with Crippen molar-refractivity contribution >= 4 is 11.6 Å². The maximum Gasteiger partial charge on any atom is 0.190 e. The Labute approximate surface area is 183 Å². The predicted molar refractivity (Wildman–Crippen MR) is 114 cm³/mol. The molecule has 3 saturated carbocycles. The molecule has 0 aliphatic heterocycles. The summed E-state index contributed by atoms with van der Waals surface area (Å²) in [5.74, 6) is -1.68. The first kappa shape index (κ1) is 22.8. The lowest BCUT2D eigenvalue weighted by molar-refractivity contribution is -0.220. The van der Waals surface area contributed by atoms with Crippen molar-refractivity contribution in [2.24, 2.45) is 28.6 Å². The molecule has 0 radical (unpaired) electrons. The Bertz CT molecular complexity index is 864. The number of fused-ring (bicyclic) bond motifs is 5. The number of ether oxygens (including phenoxy) is 1. The van der Waals surface area contributed by atoms with Gasteiger partial charge in [-0.05, 0) is 70.4 Å². The SMILES string of the molecule is CC(C)OCC(=O)[C@@]1(O)C(C)C[C@H]2[C@@H]3CCC4=CC(=O)C=C[C@]4(C)[C@@]3(F)C(O)C[C@@]21C. The molecule has 0 aromatic heterocycles. The van der Waals surface area contributed by atoms with E-state index in [0.717, 1.165) is 5.57 Å². The van der Waals surface area contributed by atoms with Gasteiger partial charge in [0.1, 0.15) is 12.2 Å². The summed E-state index contributed by atoms with van der Waals surface area (Å²) >= 11 is 0. The van der Waals surface area contributed by atoms with E-state index in [9.17, 15) is 19.8 Å². The van der Waals surface area contributed by atoms with Crippen molar-refractivity contribution in [2.75, 3.05) is 6.61 Å². The Balaban J connectivity index is 1.75. The number of carbonyl (C=O) groups excluding carboxylic acids is 2. The Hall–Kier alpha value is -1.37. The van der Waals surface area contributed by atoms with Crippen molar-refractivity contribution < 1.29 is 28.9 Å². The minimum Gasteiger partial charge on any atom is -0.390 e. The maximum absolute atomic E-state index is 17.1. The fraction of sp³-hybridized carbons (Fsp3) is 0.760. The predicted octanol–water partition coefficient (Wildman–Crippen LogP) is 3.33. The topological polar surface area (TPSA) is 83.8 Å². The van der Waals surface area contributed by atoms with Gasteiger partial charge in [-0.3, -0.25) is 9.59 Å². The standard InChI is InChI=1S/C25H35FO5/c1-14(2)31-13-21(29)25(30)15(3)10-19-18-7-6-16-11-17(27)8-9-22(16,4)24(18,26)20(28)12-23(19,25)5/h8-9,11,14-15,18-20,28,30H,6-7,10,12-13H2,1-5H3/t15?,18-,19-,20?,22-,23-,24-,25-/m0/s1. The Kier molecular flexibility index (Phi) is 5.20. The number of Topliss-reactive ketones (excluding diaryl/α,β-unsaturated/α-hetero) is 1. The van der Waals surface area contributed by atoms with Gasteiger partial charge in [0.05, 0.1) is 12.2 Å². The first-order valence-electron chi connectivity index (χ1n) is 11.5. The van der Waals surface area contributed by atoms with Crippen LogP contribution in [0.15, 0.2) is 23.8 Å². The number of halogens is 1. The van der Waals surface area contributed by atoms with Crippen LogP contribution in [0.25, 0.3) is 0 Å². The molecule has 0 aromatic carbocycles. The Morgan fingerprint density at radius 2 is 2.00 bits per heavy atom. The van der Waals surface area contributed by atoms with Crippen molar-refractivity contribution in [3.63, 3.8) is 0 Å². The zero-order chi connectivity index (χ0) is 23.0. The lowest BCUT2D eigenvalue weighted by Crippen LogP contribution is -2.69. The summed E-state index contributed by atoms with van der Waals surface area (Å²) in [6, 6.07) is 0. The van der Waals surface area contributed by atoms with Crippen LogP contribution < -0.4 is 0 Å². The monoisotopic (exact) mass is 434 g/mol. The molecule has 0 bridgehead atoms. The molecule has 4 rings (SSSR count). The van der Waals surface area contributed by atoms with E-state index in [-0.39, 0.29) is 42.5 Å². The Morgan fingerprint density at radius 3 is 2.65 bits per heavy atom. The number of aliphatic hydroxyl groups is 2. The second-order valence-electron chi connectivity index (χ2n) is 11.0. The lowest BCUT2D eigenvalue weighted by atomic mass is 9.44. The fourth-order valence-electron chi connectivity index (χ4n) is 7.49. The highest BCUT2D eigenvalue weighted by Gasteiger charge is 2.75. The van der Waals surface area contributed by atoms with E-state index < -0.39 is 34.1 Å². The van der Waals surface area contributed by atoms with E-state index >= 15 is 4.39 Å². The van der Waals surface area contributed by atoms with Crippen LogP contribution >= 0.6 is 0 Å². The average molecular weight is 435 g/mol. The molecular weight excluding hydrogens is 399 g/mol. The minimum absolute atomic E-state index is 0.0103. The van der Waals surface area contributed by atoms with E-state index in [2.05, 4.69) is 0 Å². The van der Waals surface area contributed by atoms with Crippen LogP contribution in [0.5, 0.6) is 0 Å². The van der Waals surface area contributed by atoms with Crippen LogP contribution in [0.1, 0.15) is 60.3 Å². The van der Waals surface area contributed by atoms with Crippen LogP contribution in [-0.2, 0) is 14.3 Å². The minimum atomic E-state index is -1.96. The van der Waals surface area contributed by atoms with Gasteiger partial charge in [0.25, 0.3) is 0 Å². The molecule has 172 valence electrons. The van der Waals surface area contributed by atoms with Gasteiger partial charge >= 0.3 is 0 Å². The van der Waals surface area contributed by atoms with E-state index in [4.69, 9.17) is 4.74 Å². The third kappa shape index (κ3) is 2.77. The molecular formula is C25H35FO5. The molecule has 6 heteroatoms. The van der Waals surface area contributed by atoms with E-state index in [1.807, 2.05) is 27.7 Å². The van der Waals surface area contributed by atoms with Crippen LogP contribution in [0.4, 0.5) is 4.39 Å². The van der Waals surface area contributed by atoms with Crippen molar-refractivity contribution in [2.45, 2.75) is 83.8 Å². The van der Waals surface area contributed by atoms with Crippen molar-refractivity contribution in [1.82, 2.24) is 0 Å². The van der Waals surface area contributed by atoms with Gasteiger partial charge < -0.3 is 14.9 Å². The summed E-state index contributed by atoms with van der Waals surface area (Å²) in [6.45, 7) is 8.92. The third-order valence-electron chi connectivity index (χ3n) is 9.20. The summed E-state index contributed by atoms with van der Waals surface area (Å²) in [7, 11) is 0. The van der Waals surface area contributed by atoms with Crippen LogP contribution in [0.2, 0.25) is 0 Å². The van der Waals surface area contributed by atoms with E-state index in [0.29, 0.717) is 19.3 Å². The molecule has 2 unspecified atom stereocenters. The highest BCUT2D eigenvalue weighted by Crippen LogP contribution is 2.70. The second kappa shape index (κ2) is 7.06. The van der Waals surface area contributed by atoms with Gasteiger partial charge in [-0.2, -0.15) is 0 Å². The molecule has 0 spiro atoms. The summed E-state index contributed by atoms with van der Waals surface area (Å²) in [6.07, 6.45) is 4.58. The summed E-state index contributed by atoms with van der Waals surface area (Å²) < 4.78 is 22.6. The number of rotatable bonds is 4. The number of hydrogen-bond acceptors (Lipinski definition) is 5. The molecule has 3 fully saturated rings. The van der Waals surface area contributed by atoms with Gasteiger partial charge in [0.2, 0.25) is 0 Å². The smallest absolute Gasteiger partial charge is 0.190 e. The van der Waals surface area contributed by atoms with E-state index in [1.165, 1.54) is 12.2 Å². The van der Waals surface area contributed by atoms with Crippen molar-refractivity contribution in [3.05, 3.63) is 23.8 Å². The number of alkyl halides is 1. The maximum atomic E-state index is 17.1. The van der Waals surface area contributed by atoms with Crippen LogP contribution in [-0.4, -0.2) is 51.9 Å². The molecule has 4 aliphatic carbocycles. The first-order valence-corrected chi connectivity index (χ1v) is 11.5. The van der Waals surface area contributed by atoms with Crippen LogP contribution in [0, 0.1) is 28.6 Å². The number of hydrogen-bond donors (Lipinski definition) is 2. The lowest BCUT2D eigenvalue weighted by Gasteiger charge is -2.62.